The van der Waals surface area contributed by atoms with Crippen LogP contribution < -0.4 is 11.1 Å². The van der Waals surface area contributed by atoms with E-state index in [1.807, 2.05) is 6.92 Å². The van der Waals surface area contributed by atoms with Gasteiger partial charge in [-0.25, -0.2) is 9.59 Å². The molecule has 3 atom stereocenters. The summed E-state index contributed by atoms with van der Waals surface area (Å²) in [7, 11) is 0. The zero-order valence-corrected chi connectivity index (χ0v) is 14.6. The predicted octanol–water partition coefficient (Wildman–Crippen LogP) is 1.73. The van der Waals surface area contributed by atoms with Gasteiger partial charge in [0.05, 0.1) is 6.61 Å². The lowest BCUT2D eigenvalue weighted by molar-refractivity contribution is -0.166. The molecular formula is C16H28N2O5. The molecule has 0 aromatic heterocycles. The van der Waals surface area contributed by atoms with Gasteiger partial charge in [0.25, 0.3) is 0 Å². The number of carbonyl (C=O) groups is 3. The van der Waals surface area contributed by atoms with Gasteiger partial charge in [0.1, 0.15) is 11.1 Å². The van der Waals surface area contributed by atoms with Crippen LogP contribution in [-0.2, 0) is 19.1 Å². The van der Waals surface area contributed by atoms with Crippen molar-refractivity contribution in [3.63, 3.8) is 0 Å². The van der Waals surface area contributed by atoms with Crippen molar-refractivity contribution in [3.8, 4) is 0 Å². The van der Waals surface area contributed by atoms with Crippen molar-refractivity contribution in [3.05, 3.63) is 0 Å². The number of hydrogen-bond donors (Lipinski definition) is 2. The number of hydrogen-bond acceptors (Lipinski definition) is 5. The number of carbonyl (C=O) groups excluding carboxylic acids is 3. The predicted molar refractivity (Wildman–Crippen MR) is 84.4 cm³/mol. The lowest BCUT2D eigenvalue weighted by Crippen LogP contribution is -2.69. The minimum atomic E-state index is -1.15. The first kappa shape index (κ1) is 19.3. The Balaban J connectivity index is 2.95. The van der Waals surface area contributed by atoms with E-state index in [0.717, 1.165) is 0 Å². The lowest BCUT2D eigenvalue weighted by Gasteiger charge is -2.52. The maximum absolute atomic E-state index is 12.4. The second kappa shape index (κ2) is 7.19. The van der Waals surface area contributed by atoms with Crippen LogP contribution in [0.25, 0.3) is 0 Å². The Bertz CT molecular complexity index is 472. The van der Waals surface area contributed by atoms with E-state index >= 15 is 0 Å². The van der Waals surface area contributed by atoms with Crippen LogP contribution in [0.1, 0.15) is 53.9 Å². The van der Waals surface area contributed by atoms with Gasteiger partial charge in [0, 0.05) is 6.42 Å². The average molecular weight is 328 g/mol. The molecule has 132 valence electrons. The normalized spacial score (nSPS) is 26.8. The topological polar surface area (TPSA) is 108 Å². The van der Waals surface area contributed by atoms with Crippen molar-refractivity contribution in [1.82, 2.24) is 5.32 Å². The van der Waals surface area contributed by atoms with E-state index in [9.17, 15) is 14.4 Å². The maximum atomic E-state index is 12.4. The summed E-state index contributed by atoms with van der Waals surface area (Å²) < 4.78 is 10.4. The van der Waals surface area contributed by atoms with Gasteiger partial charge in [0.2, 0.25) is 5.91 Å². The van der Waals surface area contributed by atoms with Crippen molar-refractivity contribution in [1.29, 1.82) is 0 Å². The molecule has 1 rings (SSSR count). The molecule has 2 amide bonds. The van der Waals surface area contributed by atoms with Crippen LogP contribution in [0, 0.1) is 11.8 Å². The molecule has 0 radical (unpaired) electrons. The summed E-state index contributed by atoms with van der Waals surface area (Å²) in [6.45, 7) is 9.07. The van der Waals surface area contributed by atoms with E-state index in [1.165, 1.54) is 0 Å². The van der Waals surface area contributed by atoms with Crippen LogP contribution >= 0.6 is 0 Å². The summed E-state index contributed by atoms with van der Waals surface area (Å²) in [5, 5.41) is 2.69. The molecule has 0 aliphatic heterocycles. The summed E-state index contributed by atoms with van der Waals surface area (Å²) in [4.78, 5) is 35.7. The average Bonchev–Trinajstić information content (AvgIpc) is 2.34. The molecular weight excluding hydrogens is 300 g/mol. The molecule has 7 nitrogen and oxygen atoms in total. The summed E-state index contributed by atoms with van der Waals surface area (Å²) >= 11 is 0. The largest absolute Gasteiger partial charge is 0.464 e. The minimum Gasteiger partial charge on any atom is -0.464 e. The van der Waals surface area contributed by atoms with Crippen molar-refractivity contribution in [2.45, 2.75) is 65.0 Å². The van der Waals surface area contributed by atoms with Crippen LogP contribution in [0.2, 0.25) is 0 Å². The lowest BCUT2D eigenvalue weighted by atomic mass is 9.56. The Labute approximate surface area is 137 Å². The first-order chi connectivity index (χ1) is 10.6. The number of alkyl carbamates (subject to hydrolysis) is 1. The van der Waals surface area contributed by atoms with Gasteiger partial charge in [-0.05, 0) is 46.0 Å². The van der Waals surface area contributed by atoms with Gasteiger partial charge in [-0.15, -0.1) is 0 Å². The SMILES string of the molecule is CCOC(=O)C1(NC(=O)OC(C)(C)C)CC(CC(N)=O)C1CC. The molecule has 7 heteroatoms. The summed E-state index contributed by atoms with van der Waals surface area (Å²) in [5.74, 6) is -1.15. The van der Waals surface area contributed by atoms with E-state index in [1.54, 1.807) is 27.7 Å². The van der Waals surface area contributed by atoms with Crippen LogP contribution in [0.5, 0.6) is 0 Å². The van der Waals surface area contributed by atoms with Crippen molar-refractivity contribution in [2.24, 2.45) is 17.6 Å². The summed E-state index contributed by atoms with van der Waals surface area (Å²) in [6, 6.07) is 0. The number of amides is 2. The van der Waals surface area contributed by atoms with Gasteiger partial charge < -0.3 is 20.5 Å². The number of ether oxygens (including phenoxy) is 2. The number of rotatable bonds is 6. The van der Waals surface area contributed by atoms with Gasteiger partial charge >= 0.3 is 12.1 Å². The highest BCUT2D eigenvalue weighted by Crippen LogP contribution is 2.48. The monoisotopic (exact) mass is 328 g/mol. The zero-order chi connectivity index (χ0) is 17.8. The molecule has 1 aliphatic carbocycles. The number of esters is 1. The smallest absolute Gasteiger partial charge is 0.408 e. The maximum Gasteiger partial charge on any atom is 0.408 e. The first-order valence-electron chi connectivity index (χ1n) is 8.02. The van der Waals surface area contributed by atoms with Crippen LogP contribution in [0.4, 0.5) is 4.79 Å². The van der Waals surface area contributed by atoms with Crippen LogP contribution in [-0.4, -0.2) is 35.7 Å². The van der Waals surface area contributed by atoms with Gasteiger partial charge in [0.15, 0.2) is 0 Å². The fourth-order valence-corrected chi connectivity index (χ4v) is 3.28. The highest BCUT2D eigenvalue weighted by atomic mass is 16.6. The van der Waals surface area contributed by atoms with Gasteiger partial charge in [-0.2, -0.15) is 0 Å². The van der Waals surface area contributed by atoms with Crippen molar-refractivity contribution in [2.75, 3.05) is 6.61 Å². The van der Waals surface area contributed by atoms with E-state index in [-0.39, 0.29) is 24.9 Å². The first-order valence-corrected chi connectivity index (χ1v) is 8.02. The molecule has 3 unspecified atom stereocenters. The van der Waals surface area contributed by atoms with Crippen molar-refractivity contribution >= 4 is 18.0 Å². The molecule has 0 spiro atoms. The Morgan fingerprint density at radius 1 is 1.26 bits per heavy atom. The fraction of sp³-hybridized carbons (Fsp3) is 0.812. The van der Waals surface area contributed by atoms with E-state index < -0.39 is 29.1 Å². The quantitative estimate of drug-likeness (QED) is 0.722. The van der Waals surface area contributed by atoms with Gasteiger partial charge in [-0.3, -0.25) is 4.79 Å². The molecule has 1 saturated carbocycles. The molecule has 0 aromatic rings. The van der Waals surface area contributed by atoms with Crippen molar-refractivity contribution < 1.29 is 23.9 Å². The van der Waals surface area contributed by atoms with E-state index in [0.29, 0.717) is 12.8 Å². The molecule has 0 saturated heterocycles. The molecule has 0 heterocycles. The second-order valence-electron chi connectivity index (χ2n) is 6.97. The van der Waals surface area contributed by atoms with Crippen LogP contribution in [0.3, 0.4) is 0 Å². The molecule has 3 N–H and O–H groups in total. The Hall–Kier alpha value is -1.79. The Kier molecular flexibility index (Phi) is 6.02. The highest BCUT2D eigenvalue weighted by molar-refractivity contribution is 5.88. The van der Waals surface area contributed by atoms with Gasteiger partial charge in [-0.1, -0.05) is 13.3 Å². The third-order valence-electron chi connectivity index (χ3n) is 4.05. The molecule has 0 aromatic carbocycles. The molecule has 1 fully saturated rings. The Morgan fingerprint density at radius 2 is 1.87 bits per heavy atom. The van der Waals surface area contributed by atoms with Crippen LogP contribution in [0.15, 0.2) is 0 Å². The third kappa shape index (κ3) is 4.59. The van der Waals surface area contributed by atoms with E-state index in [4.69, 9.17) is 15.2 Å². The molecule has 23 heavy (non-hydrogen) atoms. The Morgan fingerprint density at radius 3 is 2.30 bits per heavy atom. The summed E-state index contributed by atoms with van der Waals surface area (Å²) in [6.07, 6.45) is 0.468. The highest BCUT2D eigenvalue weighted by Gasteiger charge is 2.60. The van der Waals surface area contributed by atoms with E-state index in [2.05, 4.69) is 5.32 Å². The number of nitrogens with one attached hydrogen (secondary N) is 1. The second-order valence-corrected chi connectivity index (χ2v) is 6.97. The zero-order valence-electron chi connectivity index (χ0n) is 14.6. The molecule has 1 aliphatic rings. The summed E-state index contributed by atoms with van der Waals surface area (Å²) in [5.41, 5.74) is 3.45. The number of primary amides is 1. The standard InChI is InChI=1S/C16H28N2O5/c1-6-11-10(8-12(17)19)9-16(11,13(20)22-7-2)18-14(21)23-15(3,4)5/h10-11H,6-9H2,1-5H3,(H2,17,19)(H,18,21). The fourth-order valence-electron chi connectivity index (χ4n) is 3.28. The number of nitrogens with two attached hydrogens (primary N) is 1. The molecule has 0 bridgehead atoms. The third-order valence-corrected chi connectivity index (χ3v) is 4.05. The minimum absolute atomic E-state index is 0.0446.